The van der Waals surface area contributed by atoms with Crippen molar-refractivity contribution in [2.75, 3.05) is 14.1 Å². The Bertz CT molecular complexity index is 1450. The Morgan fingerprint density at radius 2 is 1.84 bits per heavy atom. The van der Waals surface area contributed by atoms with Crippen LogP contribution in [0.1, 0.15) is 33.8 Å². The molecule has 1 heterocycles. The summed E-state index contributed by atoms with van der Waals surface area (Å²) >= 11 is 0. The van der Waals surface area contributed by atoms with Crippen molar-refractivity contribution in [3.63, 3.8) is 0 Å². The Balaban J connectivity index is 1.75. The van der Waals surface area contributed by atoms with E-state index in [4.69, 9.17) is 10.3 Å². The average molecular weight is 510 g/mol. The van der Waals surface area contributed by atoms with Crippen LogP contribution >= 0.6 is 0 Å². The molecular formula is C26H27N3O8. The van der Waals surface area contributed by atoms with Gasteiger partial charge in [-0.3, -0.25) is 19.3 Å². The first-order valence-corrected chi connectivity index (χ1v) is 11.7. The van der Waals surface area contributed by atoms with Gasteiger partial charge in [0.1, 0.15) is 28.6 Å². The average Bonchev–Trinajstić information content (AvgIpc) is 3.14. The van der Waals surface area contributed by atoms with E-state index in [1.807, 2.05) is 0 Å². The summed E-state index contributed by atoms with van der Waals surface area (Å²) < 4.78 is 5.31. The molecule has 11 nitrogen and oxygen atoms in total. The summed E-state index contributed by atoms with van der Waals surface area (Å²) in [5.74, 6) is -6.31. The highest BCUT2D eigenvalue weighted by Gasteiger charge is 2.63. The van der Waals surface area contributed by atoms with Gasteiger partial charge >= 0.3 is 0 Å². The predicted molar refractivity (Wildman–Crippen MR) is 129 cm³/mol. The second-order valence-electron chi connectivity index (χ2n) is 10.1. The molecule has 0 fully saturated rings. The summed E-state index contributed by atoms with van der Waals surface area (Å²) in [6.07, 6.45) is 0.199. The molecule has 5 rings (SSSR count). The molecule has 0 saturated carbocycles. The van der Waals surface area contributed by atoms with Crippen molar-refractivity contribution in [1.29, 1.82) is 0 Å². The molecule has 3 aliphatic rings. The number of aryl methyl sites for hydroxylation is 2. The van der Waals surface area contributed by atoms with E-state index in [2.05, 4.69) is 5.16 Å². The second-order valence-corrected chi connectivity index (χ2v) is 10.1. The van der Waals surface area contributed by atoms with Crippen molar-refractivity contribution < 1.29 is 39.3 Å². The molecular weight excluding hydrogens is 482 g/mol. The molecule has 0 aliphatic heterocycles. The van der Waals surface area contributed by atoms with Gasteiger partial charge in [-0.1, -0.05) is 11.2 Å². The number of Topliss-reactive ketones (excluding diaryl/α,β-unsaturated/α-hetero) is 2. The van der Waals surface area contributed by atoms with Crippen LogP contribution < -0.4 is 5.73 Å². The van der Waals surface area contributed by atoms with Crippen molar-refractivity contribution in [3.05, 3.63) is 57.4 Å². The summed E-state index contributed by atoms with van der Waals surface area (Å²) in [5.41, 5.74) is 4.02. The van der Waals surface area contributed by atoms with Gasteiger partial charge < -0.3 is 30.7 Å². The fourth-order valence-corrected chi connectivity index (χ4v) is 6.35. The number of nitrogens with zero attached hydrogens (tertiary/aromatic N) is 2. The van der Waals surface area contributed by atoms with E-state index in [9.17, 15) is 34.8 Å². The van der Waals surface area contributed by atoms with Gasteiger partial charge in [0.2, 0.25) is 5.78 Å². The lowest BCUT2D eigenvalue weighted by Crippen LogP contribution is -2.63. The molecule has 0 bridgehead atoms. The molecule has 11 heteroatoms. The molecule has 0 radical (unpaired) electrons. The van der Waals surface area contributed by atoms with E-state index in [0.29, 0.717) is 28.1 Å². The number of fused-ring (bicyclic) bond motifs is 3. The van der Waals surface area contributed by atoms with Crippen LogP contribution in [0.2, 0.25) is 0 Å². The van der Waals surface area contributed by atoms with Gasteiger partial charge in [-0.05, 0) is 63.9 Å². The number of amides is 1. The second kappa shape index (κ2) is 8.02. The molecule has 3 aliphatic carbocycles. The van der Waals surface area contributed by atoms with Crippen LogP contribution in [0.15, 0.2) is 39.3 Å². The number of likely N-dealkylation sites (N-methyl/N-ethyl adjacent to an activating group) is 1. The molecule has 0 unspecified atom stereocenters. The summed E-state index contributed by atoms with van der Waals surface area (Å²) in [5, 5.41) is 48.5. The first kappa shape index (κ1) is 24.7. The standard InChI is InChI=1S/C26H27N3O8/c1-9-16(10(2)37-28-9)12-5-6-15(30)18-13(12)7-11-8-14-20(29(3)4)22(32)19(25(27)35)24(34)26(14,36)23(33)17(11)21(18)31/h5-6,11,14,20,30,32-33,36H,7-8H2,1-4H3,(H2,27,35)/t11-,14-,20-,26-/m0/s1. The lowest BCUT2D eigenvalue weighted by molar-refractivity contribution is -0.148. The maximum Gasteiger partial charge on any atom is 0.255 e. The van der Waals surface area contributed by atoms with Gasteiger partial charge in [0.15, 0.2) is 11.4 Å². The molecule has 0 saturated heterocycles. The Labute approximate surface area is 211 Å². The highest BCUT2D eigenvalue weighted by molar-refractivity contribution is 6.24. The number of carbonyl (C=O) groups excluding carboxylic acids is 3. The number of aliphatic hydroxyl groups excluding tert-OH is 2. The number of phenolic OH excluding ortho intramolecular Hbond substituents is 1. The van der Waals surface area contributed by atoms with E-state index in [-0.39, 0.29) is 29.7 Å². The first-order chi connectivity index (χ1) is 17.3. The Kier molecular flexibility index (Phi) is 5.36. The molecule has 1 amide bonds. The van der Waals surface area contributed by atoms with Crippen LogP contribution in [-0.4, -0.2) is 73.7 Å². The van der Waals surface area contributed by atoms with Crippen molar-refractivity contribution in [2.24, 2.45) is 17.6 Å². The zero-order valence-electron chi connectivity index (χ0n) is 20.7. The van der Waals surface area contributed by atoms with Gasteiger partial charge in [0, 0.05) is 17.1 Å². The van der Waals surface area contributed by atoms with E-state index < -0.39 is 58.0 Å². The largest absolute Gasteiger partial charge is 0.510 e. The quantitative estimate of drug-likeness (QED) is 0.378. The molecule has 1 aromatic heterocycles. The van der Waals surface area contributed by atoms with Crippen LogP contribution in [0.5, 0.6) is 5.75 Å². The van der Waals surface area contributed by atoms with E-state index in [1.54, 1.807) is 34.0 Å². The zero-order chi connectivity index (χ0) is 27.1. The number of rotatable bonds is 3. The minimum Gasteiger partial charge on any atom is -0.510 e. The summed E-state index contributed by atoms with van der Waals surface area (Å²) in [7, 11) is 3.17. The number of hydrogen-bond donors (Lipinski definition) is 5. The monoisotopic (exact) mass is 509 g/mol. The summed E-state index contributed by atoms with van der Waals surface area (Å²) in [6, 6.07) is 1.98. The van der Waals surface area contributed by atoms with E-state index >= 15 is 0 Å². The molecule has 194 valence electrons. The van der Waals surface area contributed by atoms with Crippen LogP contribution in [-0.2, 0) is 16.0 Å². The molecule has 37 heavy (non-hydrogen) atoms. The number of ketones is 2. The fourth-order valence-electron chi connectivity index (χ4n) is 6.35. The van der Waals surface area contributed by atoms with Crippen molar-refractivity contribution in [1.82, 2.24) is 10.1 Å². The third-order valence-corrected chi connectivity index (χ3v) is 7.91. The highest BCUT2D eigenvalue weighted by atomic mass is 16.5. The van der Waals surface area contributed by atoms with Crippen molar-refractivity contribution >= 4 is 17.5 Å². The summed E-state index contributed by atoms with van der Waals surface area (Å²) in [4.78, 5) is 40.7. The van der Waals surface area contributed by atoms with Gasteiger partial charge in [0.25, 0.3) is 5.91 Å². The number of aliphatic hydroxyl groups is 3. The highest BCUT2D eigenvalue weighted by Crippen LogP contribution is 2.53. The Hall–Kier alpha value is -3.96. The van der Waals surface area contributed by atoms with Gasteiger partial charge in [0.05, 0.1) is 17.3 Å². The van der Waals surface area contributed by atoms with Gasteiger partial charge in [-0.15, -0.1) is 0 Å². The number of hydrogen-bond acceptors (Lipinski definition) is 10. The molecule has 6 N–H and O–H groups in total. The van der Waals surface area contributed by atoms with Crippen molar-refractivity contribution in [2.45, 2.75) is 38.3 Å². The SMILES string of the molecule is Cc1noc(C)c1-c1ccc(O)c2c1C[C@H]1C[C@H]3[C@H](N(C)C)C(O)=C(C(N)=O)C(=O)[C@@]3(O)C(O)=C1C2=O. The molecule has 2 aromatic rings. The van der Waals surface area contributed by atoms with Crippen molar-refractivity contribution in [3.8, 4) is 16.9 Å². The van der Waals surface area contributed by atoms with E-state index in [0.717, 1.165) is 0 Å². The smallest absolute Gasteiger partial charge is 0.255 e. The lowest BCUT2D eigenvalue weighted by atomic mass is 9.58. The predicted octanol–water partition coefficient (Wildman–Crippen LogP) is 1.39. The summed E-state index contributed by atoms with van der Waals surface area (Å²) in [6.45, 7) is 3.49. The third kappa shape index (κ3) is 3.13. The van der Waals surface area contributed by atoms with Gasteiger partial charge in [-0.2, -0.15) is 0 Å². The number of aromatic nitrogens is 1. The Morgan fingerprint density at radius 1 is 1.16 bits per heavy atom. The van der Waals surface area contributed by atoms with Crippen LogP contribution in [0.25, 0.3) is 11.1 Å². The van der Waals surface area contributed by atoms with Gasteiger partial charge in [-0.25, -0.2) is 0 Å². The number of primary amides is 1. The molecule has 0 spiro atoms. The minimum absolute atomic E-state index is 0.0163. The first-order valence-electron chi connectivity index (χ1n) is 11.7. The van der Waals surface area contributed by atoms with Crippen LogP contribution in [0.4, 0.5) is 0 Å². The number of aromatic hydroxyl groups is 1. The molecule has 4 atom stereocenters. The minimum atomic E-state index is -2.67. The third-order valence-electron chi connectivity index (χ3n) is 7.91. The Morgan fingerprint density at radius 3 is 2.41 bits per heavy atom. The number of phenols is 1. The number of nitrogens with two attached hydrogens (primary N) is 1. The lowest BCUT2D eigenvalue weighted by Gasteiger charge is -2.50. The maximum absolute atomic E-state index is 13.8. The zero-order valence-corrected chi connectivity index (χ0v) is 20.7. The fraction of sp³-hybridized carbons (Fsp3) is 0.385. The normalized spacial score (nSPS) is 27.4. The topological polar surface area (TPSA) is 187 Å². The number of allylic oxidation sites excluding steroid dienone is 1. The number of carbonyl (C=O) groups is 3. The van der Waals surface area contributed by atoms with E-state index in [1.165, 1.54) is 11.0 Å². The van der Waals surface area contributed by atoms with Crippen LogP contribution in [0, 0.1) is 25.7 Å². The van der Waals surface area contributed by atoms with Crippen LogP contribution in [0.3, 0.4) is 0 Å². The number of benzene rings is 1. The molecule has 1 aromatic carbocycles. The maximum atomic E-state index is 13.8.